The van der Waals surface area contributed by atoms with E-state index in [1.165, 1.54) is 30.5 Å². The summed E-state index contributed by atoms with van der Waals surface area (Å²) >= 11 is 1.99. The second-order valence-corrected chi connectivity index (χ2v) is 5.46. The van der Waals surface area contributed by atoms with Crippen molar-refractivity contribution in [2.45, 2.75) is 12.8 Å². The summed E-state index contributed by atoms with van der Waals surface area (Å²) in [6.07, 6.45) is 3.91. The largest absolute Gasteiger partial charge is 0.384 e. The van der Waals surface area contributed by atoms with Gasteiger partial charge in [0.05, 0.1) is 5.56 Å². The molecule has 4 nitrogen and oxygen atoms in total. The molecule has 0 spiro atoms. The SMILES string of the molecule is Nc1ccc(C(=O)NCC2CCSCC2)cn1. The molecule has 0 aromatic carbocycles. The minimum absolute atomic E-state index is 0.0595. The van der Waals surface area contributed by atoms with Crippen LogP contribution in [0.25, 0.3) is 0 Å². The summed E-state index contributed by atoms with van der Waals surface area (Å²) in [6.45, 7) is 0.768. The molecule has 1 aliphatic rings. The van der Waals surface area contributed by atoms with Gasteiger partial charge in [0.25, 0.3) is 5.91 Å². The first-order valence-corrected chi connectivity index (χ1v) is 6.98. The first-order chi connectivity index (χ1) is 8.25. The lowest BCUT2D eigenvalue weighted by molar-refractivity contribution is 0.0946. The maximum absolute atomic E-state index is 11.8. The van der Waals surface area contributed by atoms with Crippen LogP contribution in [0.5, 0.6) is 0 Å². The van der Waals surface area contributed by atoms with Gasteiger partial charge in [-0.3, -0.25) is 4.79 Å². The second kappa shape index (κ2) is 5.91. The smallest absolute Gasteiger partial charge is 0.252 e. The molecule has 0 saturated carbocycles. The van der Waals surface area contributed by atoms with E-state index in [0.29, 0.717) is 17.3 Å². The van der Waals surface area contributed by atoms with Gasteiger partial charge in [0, 0.05) is 12.7 Å². The van der Waals surface area contributed by atoms with Crippen LogP contribution < -0.4 is 11.1 Å². The van der Waals surface area contributed by atoms with E-state index < -0.39 is 0 Å². The molecule has 92 valence electrons. The third-order valence-electron chi connectivity index (χ3n) is 2.94. The van der Waals surface area contributed by atoms with Gasteiger partial charge in [-0.05, 0) is 42.4 Å². The number of thioether (sulfide) groups is 1. The highest BCUT2D eigenvalue weighted by atomic mass is 32.2. The Morgan fingerprint density at radius 2 is 2.24 bits per heavy atom. The van der Waals surface area contributed by atoms with Gasteiger partial charge < -0.3 is 11.1 Å². The molecule has 1 aromatic heterocycles. The number of rotatable bonds is 3. The molecule has 5 heteroatoms. The van der Waals surface area contributed by atoms with E-state index in [4.69, 9.17) is 5.73 Å². The number of nitrogens with two attached hydrogens (primary N) is 1. The monoisotopic (exact) mass is 251 g/mol. The molecule has 1 saturated heterocycles. The molecular formula is C12H17N3OS. The normalized spacial score (nSPS) is 16.7. The van der Waals surface area contributed by atoms with Gasteiger partial charge in [0.15, 0.2) is 0 Å². The lowest BCUT2D eigenvalue weighted by atomic mass is 10.0. The summed E-state index contributed by atoms with van der Waals surface area (Å²) in [5.41, 5.74) is 6.05. The number of carbonyl (C=O) groups excluding carboxylic acids is 1. The number of carbonyl (C=O) groups is 1. The zero-order valence-corrected chi connectivity index (χ0v) is 10.5. The summed E-state index contributed by atoms with van der Waals surface area (Å²) < 4.78 is 0. The molecule has 0 unspecified atom stereocenters. The highest BCUT2D eigenvalue weighted by Crippen LogP contribution is 2.21. The van der Waals surface area contributed by atoms with Gasteiger partial charge in [-0.2, -0.15) is 11.8 Å². The molecule has 0 atom stereocenters. The molecule has 1 aliphatic heterocycles. The predicted octanol–water partition coefficient (Wildman–Crippen LogP) is 1.54. The number of pyridine rings is 1. The highest BCUT2D eigenvalue weighted by Gasteiger charge is 2.15. The molecule has 0 aliphatic carbocycles. The number of nitrogens with one attached hydrogen (secondary N) is 1. The molecule has 17 heavy (non-hydrogen) atoms. The van der Waals surface area contributed by atoms with Crippen LogP contribution in [0.4, 0.5) is 5.82 Å². The molecule has 2 rings (SSSR count). The van der Waals surface area contributed by atoms with E-state index in [-0.39, 0.29) is 5.91 Å². The minimum atomic E-state index is -0.0595. The van der Waals surface area contributed by atoms with Crippen LogP contribution in [0, 0.1) is 5.92 Å². The average Bonchev–Trinajstić information content (AvgIpc) is 2.38. The molecule has 0 bridgehead atoms. The summed E-state index contributed by atoms with van der Waals surface area (Å²) in [4.78, 5) is 15.7. The number of amides is 1. The van der Waals surface area contributed by atoms with Crippen molar-refractivity contribution in [1.29, 1.82) is 0 Å². The number of hydrogen-bond donors (Lipinski definition) is 2. The van der Waals surface area contributed by atoms with Crippen molar-refractivity contribution in [1.82, 2.24) is 10.3 Å². The maximum Gasteiger partial charge on any atom is 0.252 e. The van der Waals surface area contributed by atoms with E-state index in [9.17, 15) is 4.79 Å². The number of nitrogen functional groups attached to an aromatic ring is 1. The average molecular weight is 251 g/mol. The van der Waals surface area contributed by atoms with Crippen molar-refractivity contribution in [3.05, 3.63) is 23.9 Å². The van der Waals surface area contributed by atoms with Crippen LogP contribution in [-0.4, -0.2) is 28.9 Å². The summed E-state index contributed by atoms with van der Waals surface area (Å²) in [6, 6.07) is 3.35. The zero-order valence-electron chi connectivity index (χ0n) is 9.69. The number of aromatic nitrogens is 1. The van der Waals surface area contributed by atoms with Gasteiger partial charge >= 0.3 is 0 Å². The minimum Gasteiger partial charge on any atom is -0.384 e. The summed E-state index contributed by atoms with van der Waals surface area (Å²) in [5, 5.41) is 2.96. The fourth-order valence-electron chi connectivity index (χ4n) is 1.83. The van der Waals surface area contributed by atoms with Crippen LogP contribution in [0.15, 0.2) is 18.3 Å². The maximum atomic E-state index is 11.8. The van der Waals surface area contributed by atoms with Crippen LogP contribution in [0.3, 0.4) is 0 Å². The van der Waals surface area contributed by atoms with E-state index in [1.54, 1.807) is 12.1 Å². The van der Waals surface area contributed by atoms with Crippen molar-refractivity contribution >= 4 is 23.5 Å². The Kier molecular flexibility index (Phi) is 4.25. The van der Waals surface area contributed by atoms with Crippen molar-refractivity contribution in [2.24, 2.45) is 5.92 Å². The molecule has 1 aromatic rings. The number of hydrogen-bond acceptors (Lipinski definition) is 4. The molecular weight excluding hydrogens is 234 g/mol. The third kappa shape index (κ3) is 3.63. The van der Waals surface area contributed by atoms with Gasteiger partial charge in [-0.1, -0.05) is 0 Å². The summed E-state index contributed by atoms with van der Waals surface area (Å²) in [7, 11) is 0. The molecule has 2 heterocycles. The standard InChI is InChI=1S/C12H17N3OS/c13-11-2-1-10(8-14-11)12(16)15-7-9-3-5-17-6-4-9/h1-2,8-9H,3-7H2,(H2,13,14)(H,15,16). The van der Waals surface area contributed by atoms with Crippen LogP contribution in [-0.2, 0) is 0 Å². The Morgan fingerprint density at radius 3 is 2.88 bits per heavy atom. The number of anilines is 1. The fraction of sp³-hybridized carbons (Fsp3) is 0.500. The Morgan fingerprint density at radius 1 is 1.47 bits per heavy atom. The Bertz CT molecular complexity index is 374. The first-order valence-electron chi connectivity index (χ1n) is 5.83. The van der Waals surface area contributed by atoms with E-state index in [1.807, 2.05) is 11.8 Å². The summed E-state index contributed by atoms with van der Waals surface area (Å²) in [5.74, 6) is 3.43. The highest BCUT2D eigenvalue weighted by molar-refractivity contribution is 7.99. The lowest BCUT2D eigenvalue weighted by Gasteiger charge is -2.21. The number of nitrogens with zero attached hydrogens (tertiary/aromatic N) is 1. The van der Waals surface area contributed by atoms with Gasteiger partial charge in [-0.25, -0.2) is 4.98 Å². The van der Waals surface area contributed by atoms with Crippen molar-refractivity contribution in [3.8, 4) is 0 Å². The fourth-order valence-corrected chi connectivity index (χ4v) is 3.03. The van der Waals surface area contributed by atoms with Crippen molar-refractivity contribution in [3.63, 3.8) is 0 Å². The van der Waals surface area contributed by atoms with Gasteiger partial charge in [0.1, 0.15) is 5.82 Å². The van der Waals surface area contributed by atoms with Crippen LogP contribution >= 0.6 is 11.8 Å². The predicted molar refractivity (Wildman–Crippen MR) is 71.0 cm³/mol. The zero-order chi connectivity index (χ0) is 12.1. The second-order valence-electron chi connectivity index (χ2n) is 4.24. The van der Waals surface area contributed by atoms with E-state index in [0.717, 1.165) is 6.54 Å². The van der Waals surface area contributed by atoms with Crippen LogP contribution in [0.2, 0.25) is 0 Å². The topological polar surface area (TPSA) is 68.0 Å². The van der Waals surface area contributed by atoms with E-state index in [2.05, 4.69) is 10.3 Å². The van der Waals surface area contributed by atoms with Crippen molar-refractivity contribution in [2.75, 3.05) is 23.8 Å². The Hall–Kier alpha value is -1.23. The third-order valence-corrected chi connectivity index (χ3v) is 3.99. The van der Waals surface area contributed by atoms with Crippen molar-refractivity contribution < 1.29 is 4.79 Å². The van der Waals surface area contributed by atoms with E-state index >= 15 is 0 Å². The first kappa shape index (κ1) is 12.2. The van der Waals surface area contributed by atoms with Gasteiger partial charge in [0.2, 0.25) is 0 Å². The molecule has 0 radical (unpaired) electrons. The Balaban J connectivity index is 1.82. The molecule has 1 fully saturated rings. The quantitative estimate of drug-likeness (QED) is 0.855. The van der Waals surface area contributed by atoms with Crippen LogP contribution in [0.1, 0.15) is 23.2 Å². The Labute approximate surface area is 105 Å². The lowest BCUT2D eigenvalue weighted by Crippen LogP contribution is -2.31. The molecule has 1 amide bonds. The molecule has 3 N–H and O–H groups in total. The van der Waals surface area contributed by atoms with Gasteiger partial charge in [-0.15, -0.1) is 0 Å².